The topological polar surface area (TPSA) is 132 Å². The Kier molecular flexibility index (Phi) is 8.31. The molecule has 0 saturated carbocycles. The molecule has 31 heavy (non-hydrogen) atoms. The van der Waals surface area contributed by atoms with E-state index in [9.17, 15) is 14.4 Å². The van der Waals surface area contributed by atoms with Crippen LogP contribution >= 0.6 is 0 Å². The van der Waals surface area contributed by atoms with Crippen molar-refractivity contribution in [2.24, 2.45) is 11.7 Å². The minimum atomic E-state index is -0.730. The molecule has 0 bridgehead atoms. The second-order valence-electron chi connectivity index (χ2n) is 7.17. The Balaban J connectivity index is 2.06. The number of carbonyl (C=O) groups excluding carboxylic acids is 3. The molecular formula is C23H27N3O5. The molecule has 0 spiro atoms. The van der Waals surface area contributed by atoms with Crippen molar-refractivity contribution >= 4 is 23.5 Å². The van der Waals surface area contributed by atoms with E-state index in [-0.39, 0.29) is 30.8 Å². The highest BCUT2D eigenvalue weighted by molar-refractivity contribution is 6.05. The molecule has 0 saturated heterocycles. The Morgan fingerprint density at radius 3 is 2.03 bits per heavy atom. The van der Waals surface area contributed by atoms with Gasteiger partial charge in [0.15, 0.2) is 12.4 Å². The molecule has 164 valence electrons. The van der Waals surface area contributed by atoms with Crippen LogP contribution in [-0.4, -0.2) is 42.8 Å². The Morgan fingerprint density at radius 1 is 0.968 bits per heavy atom. The lowest BCUT2D eigenvalue weighted by Gasteiger charge is -2.21. The molecule has 8 nitrogen and oxygen atoms in total. The molecule has 2 aromatic carbocycles. The summed E-state index contributed by atoms with van der Waals surface area (Å²) >= 11 is 0. The zero-order valence-corrected chi connectivity index (χ0v) is 17.8. The number of amidine groups is 1. The summed E-state index contributed by atoms with van der Waals surface area (Å²) in [5.41, 5.74) is 6.72. The van der Waals surface area contributed by atoms with E-state index in [4.69, 9.17) is 20.6 Å². The zero-order valence-electron chi connectivity index (χ0n) is 17.8. The quantitative estimate of drug-likeness (QED) is 0.232. The lowest BCUT2D eigenvalue weighted by Crippen LogP contribution is -2.44. The van der Waals surface area contributed by atoms with E-state index in [1.54, 1.807) is 55.5 Å². The van der Waals surface area contributed by atoms with Gasteiger partial charge in [-0.3, -0.25) is 15.0 Å². The van der Waals surface area contributed by atoms with Gasteiger partial charge in [-0.15, -0.1) is 0 Å². The molecule has 0 fully saturated rings. The van der Waals surface area contributed by atoms with Crippen LogP contribution in [-0.2, 0) is 9.53 Å². The van der Waals surface area contributed by atoms with Crippen molar-refractivity contribution in [1.82, 2.24) is 5.32 Å². The largest absolute Gasteiger partial charge is 0.482 e. The number of Topliss-reactive ketones (excluding diaryl/α,β-unsaturated/α-hetero) is 1. The molecule has 1 atom stereocenters. The van der Waals surface area contributed by atoms with Gasteiger partial charge in [0.1, 0.15) is 11.6 Å². The fourth-order valence-corrected chi connectivity index (χ4v) is 2.80. The lowest BCUT2D eigenvalue weighted by atomic mass is 9.94. The van der Waals surface area contributed by atoms with Crippen molar-refractivity contribution in [3.8, 4) is 5.75 Å². The molecule has 0 radical (unpaired) electrons. The number of nitrogen functional groups attached to an aromatic ring is 1. The number of nitrogens with one attached hydrogen (secondary N) is 2. The molecule has 2 aromatic rings. The fraction of sp³-hybridized carbons (Fsp3) is 0.304. The molecule has 8 heteroatoms. The molecule has 2 rings (SSSR count). The highest BCUT2D eigenvalue weighted by atomic mass is 16.6. The van der Waals surface area contributed by atoms with E-state index in [1.165, 1.54) is 0 Å². The molecule has 0 unspecified atom stereocenters. The number of esters is 1. The summed E-state index contributed by atoms with van der Waals surface area (Å²) in [7, 11) is 0. The average Bonchev–Trinajstić information content (AvgIpc) is 2.75. The van der Waals surface area contributed by atoms with Crippen molar-refractivity contribution in [3.63, 3.8) is 0 Å². The molecular weight excluding hydrogens is 398 g/mol. The molecule has 0 aromatic heterocycles. The second-order valence-corrected chi connectivity index (χ2v) is 7.17. The van der Waals surface area contributed by atoms with Gasteiger partial charge in [0.2, 0.25) is 0 Å². The summed E-state index contributed by atoms with van der Waals surface area (Å²) < 4.78 is 10.1. The molecule has 0 aliphatic carbocycles. The molecule has 1 amide bonds. The first-order chi connectivity index (χ1) is 14.7. The maximum Gasteiger partial charge on any atom is 0.344 e. The average molecular weight is 425 g/mol. The van der Waals surface area contributed by atoms with Gasteiger partial charge in [-0.25, -0.2) is 4.79 Å². The minimum Gasteiger partial charge on any atom is -0.482 e. The van der Waals surface area contributed by atoms with Crippen LogP contribution in [0.3, 0.4) is 0 Å². The molecule has 0 aliphatic heterocycles. The summed E-state index contributed by atoms with van der Waals surface area (Å²) in [6.45, 7) is 5.47. The first-order valence-electron chi connectivity index (χ1n) is 9.91. The molecule has 0 aliphatic rings. The predicted molar refractivity (Wildman–Crippen MR) is 116 cm³/mol. The number of ketones is 1. The highest BCUT2D eigenvalue weighted by Crippen LogP contribution is 2.17. The van der Waals surface area contributed by atoms with Gasteiger partial charge in [0, 0.05) is 16.7 Å². The summed E-state index contributed by atoms with van der Waals surface area (Å²) in [6, 6.07) is 11.9. The van der Waals surface area contributed by atoms with Crippen molar-refractivity contribution in [3.05, 3.63) is 65.2 Å². The first-order valence-corrected chi connectivity index (χ1v) is 9.91. The number of rotatable bonds is 10. The smallest absolute Gasteiger partial charge is 0.344 e. The Morgan fingerprint density at radius 2 is 1.52 bits per heavy atom. The second kappa shape index (κ2) is 10.9. The number of hydrogen-bond acceptors (Lipinski definition) is 6. The van der Waals surface area contributed by atoms with Crippen LogP contribution in [0.1, 0.15) is 47.1 Å². The van der Waals surface area contributed by atoms with Gasteiger partial charge in [-0.2, -0.15) is 0 Å². The maximum atomic E-state index is 13.0. The van der Waals surface area contributed by atoms with E-state index in [0.717, 1.165) is 0 Å². The third-order valence-corrected chi connectivity index (χ3v) is 4.49. The number of benzene rings is 2. The van der Waals surface area contributed by atoms with E-state index in [1.807, 2.05) is 13.8 Å². The van der Waals surface area contributed by atoms with E-state index in [0.29, 0.717) is 22.4 Å². The summed E-state index contributed by atoms with van der Waals surface area (Å²) in [4.78, 5) is 37.0. The van der Waals surface area contributed by atoms with Gasteiger partial charge < -0.3 is 20.5 Å². The van der Waals surface area contributed by atoms with Gasteiger partial charge in [-0.05, 0) is 49.2 Å². The normalized spacial score (nSPS) is 11.5. The Hall–Kier alpha value is -3.68. The predicted octanol–water partition coefficient (Wildman–Crippen LogP) is 2.55. The van der Waals surface area contributed by atoms with E-state index in [2.05, 4.69) is 5.32 Å². The van der Waals surface area contributed by atoms with Crippen molar-refractivity contribution < 1.29 is 23.9 Å². The molecule has 0 heterocycles. The van der Waals surface area contributed by atoms with Gasteiger partial charge in [0.25, 0.3) is 5.91 Å². The summed E-state index contributed by atoms with van der Waals surface area (Å²) in [5.74, 6) is -0.899. The van der Waals surface area contributed by atoms with Gasteiger partial charge in [0.05, 0.1) is 12.6 Å². The third kappa shape index (κ3) is 6.67. The number of nitrogens with two attached hydrogens (primary N) is 1. The van der Waals surface area contributed by atoms with E-state index >= 15 is 0 Å². The lowest BCUT2D eigenvalue weighted by molar-refractivity contribution is -0.145. The van der Waals surface area contributed by atoms with Crippen LogP contribution in [0.2, 0.25) is 0 Å². The van der Waals surface area contributed by atoms with Crippen molar-refractivity contribution in [2.45, 2.75) is 26.8 Å². The SMILES string of the molecule is CCOC(=O)COc1ccc(C(=O)[C@@H](NC(=O)c2ccc(C(=N)N)cc2)C(C)C)cc1. The Bertz CT molecular complexity index is 937. The number of amides is 1. The van der Waals surface area contributed by atoms with Crippen LogP contribution in [0.5, 0.6) is 5.75 Å². The van der Waals surface area contributed by atoms with Crippen molar-refractivity contribution in [1.29, 1.82) is 5.41 Å². The van der Waals surface area contributed by atoms with Gasteiger partial charge >= 0.3 is 5.97 Å². The summed E-state index contributed by atoms with van der Waals surface area (Å²) in [5, 5.41) is 10.2. The van der Waals surface area contributed by atoms with Crippen LogP contribution in [0.25, 0.3) is 0 Å². The maximum absolute atomic E-state index is 13.0. The van der Waals surface area contributed by atoms with Crippen LogP contribution in [0, 0.1) is 11.3 Å². The first kappa shape index (κ1) is 23.6. The standard InChI is InChI=1S/C23H27N3O5/c1-4-30-19(27)13-31-18-11-9-15(10-12-18)21(28)20(14(2)3)26-23(29)17-7-5-16(6-8-17)22(24)25/h5-12,14,20H,4,13H2,1-3H3,(H3,24,25)(H,26,29)/t20-/m0/s1. The third-order valence-electron chi connectivity index (χ3n) is 4.49. The highest BCUT2D eigenvalue weighted by Gasteiger charge is 2.26. The summed E-state index contributed by atoms with van der Waals surface area (Å²) in [6.07, 6.45) is 0. The van der Waals surface area contributed by atoms with E-state index < -0.39 is 17.9 Å². The zero-order chi connectivity index (χ0) is 23.0. The number of carbonyl (C=O) groups is 3. The van der Waals surface area contributed by atoms with Crippen LogP contribution in [0.4, 0.5) is 0 Å². The minimum absolute atomic E-state index is 0.0862. The number of ether oxygens (including phenoxy) is 2. The van der Waals surface area contributed by atoms with Crippen LogP contribution < -0.4 is 15.8 Å². The Labute approximate surface area is 181 Å². The monoisotopic (exact) mass is 425 g/mol. The molecule has 4 N–H and O–H groups in total. The fourth-order valence-electron chi connectivity index (χ4n) is 2.80. The van der Waals surface area contributed by atoms with Crippen molar-refractivity contribution in [2.75, 3.05) is 13.2 Å². The number of hydrogen-bond donors (Lipinski definition) is 3. The van der Waals surface area contributed by atoms with Crippen LogP contribution in [0.15, 0.2) is 48.5 Å². The van der Waals surface area contributed by atoms with Gasteiger partial charge in [-0.1, -0.05) is 26.0 Å².